The highest BCUT2D eigenvalue weighted by Crippen LogP contribution is 2.13. The molecule has 1 fully saturated rings. The van der Waals surface area contributed by atoms with Crippen molar-refractivity contribution in [1.82, 2.24) is 15.1 Å². The van der Waals surface area contributed by atoms with Crippen LogP contribution in [0.4, 0.5) is 5.69 Å². The predicted octanol–water partition coefficient (Wildman–Crippen LogP) is 2.25. The number of carbonyl (C=O) groups is 1. The molecular weight excluding hydrogens is 489 g/mol. The maximum atomic E-state index is 11.5. The number of piperazine rings is 1. The lowest BCUT2D eigenvalue weighted by Crippen LogP contribution is -2.53. The van der Waals surface area contributed by atoms with Crippen LogP contribution in [0.2, 0.25) is 0 Å². The number of hydrogen-bond donors (Lipinski definition) is 1. The highest BCUT2D eigenvalue weighted by atomic mass is 127. The molecule has 0 radical (unpaired) electrons. The van der Waals surface area contributed by atoms with Crippen LogP contribution < -0.4 is 5.32 Å². The topological polar surface area (TPSA) is 100 Å². The van der Waals surface area contributed by atoms with Crippen LogP contribution >= 0.6 is 24.0 Å². The molecule has 1 saturated heterocycles. The molecule has 0 unspecified atom stereocenters. The number of halogens is 1. The summed E-state index contributed by atoms with van der Waals surface area (Å²) in [5.41, 5.74) is 0.976. The van der Waals surface area contributed by atoms with Crippen molar-refractivity contribution < 1.29 is 14.5 Å². The van der Waals surface area contributed by atoms with Crippen molar-refractivity contribution in [3.05, 3.63) is 39.9 Å². The summed E-state index contributed by atoms with van der Waals surface area (Å²) in [6.45, 7) is 8.91. The number of nitro benzene ring substituents is 1. The van der Waals surface area contributed by atoms with Gasteiger partial charge < -0.3 is 19.9 Å². The van der Waals surface area contributed by atoms with Gasteiger partial charge in [-0.15, -0.1) is 24.0 Å². The summed E-state index contributed by atoms with van der Waals surface area (Å²) in [4.78, 5) is 30.6. The summed E-state index contributed by atoms with van der Waals surface area (Å²) in [5.74, 6) is 0.881. The quantitative estimate of drug-likeness (QED) is 0.141. The van der Waals surface area contributed by atoms with Crippen molar-refractivity contribution in [2.75, 3.05) is 45.9 Å². The number of aliphatic imine (C=N–C) groups is 1. The second kappa shape index (κ2) is 13.3. The summed E-state index contributed by atoms with van der Waals surface area (Å²) in [6, 6.07) is 6.43. The Kier molecular flexibility index (Phi) is 11.5. The Labute approximate surface area is 188 Å². The molecule has 0 aromatic heterocycles. The van der Waals surface area contributed by atoms with E-state index in [0.717, 1.165) is 37.6 Å². The number of carbonyl (C=O) groups excluding carboxylic acids is 1. The summed E-state index contributed by atoms with van der Waals surface area (Å²) < 4.78 is 5.37. The van der Waals surface area contributed by atoms with E-state index in [1.165, 1.54) is 12.1 Å². The lowest BCUT2D eigenvalue weighted by Gasteiger charge is -2.36. The molecule has 0 aliphatic carbocycles. The molecule has 0 atom stereocenters. The van der Waals surface area contributed by atoms with Crippen molar-refractivity contribution in [3.8, 4) is 0 Å². The van der Waals surface area contributed by atoms with Gasteiger partial charge in [-0.05, 0) is 18.9 Å². The third kappa shape index (κ3) is 8.52. The molecule has 0 saturated carbocycles. The lowest BCUT2D eigenvalue weighted by molar-refractivity contribution is -0.384. The molecule has 2 rings (SSSR count). The first-order valence-electron chi connectivity index (χ1n) is 9.61. The number of benzene rings is 1. The third-order valence-electron chi connectivity index (χ3n) is 4.54. The van der Waals surface area contributed by atoms with Gasteiger partial charge in [0.15, 0.2) is 5.96 Å². The van der Waals surface area contributed by atoms with Gasteiger partial charge >= 0.3 is 0 Å². The van der Waals surface area contributed by atoms with Crippen LogP contribution in [0.15, 0.2) is 29.3 Å². The molecule has 1 heterocycles. The Morgan fingerprint density at radius 1 is 1.21 bits per heavy atom. The van der Waals surface area contributed by atoms with Gasteiger partial charge in [-0.1, -0.05) is 12.1 Å². The molecule has 10 heteroatoms. The summed E-state index contributed by atoms with van der Waals surface area (Å²) in [6.07, 6.45) is 0.873. The van der Waals surface area contributed by atoms with Crippen molar-refractivity contribution >= 4 is 41.5 Å². The van der Waals surface area contributed by atoms with E-state index in [9.17, 15) is 14.9 Å². The molecule has 9 nitrogen and oxygen atoms in total. The molecule has 1 aromatic carbocycles. The minimum atomic E-state index is -0.410. The van der Waals surface area contributed by atoms with Gasteiger partial charge in [-0.25, -0.2) is 4.99 Å². The van der Waals surface area contributed by atoms with Crippen LogP contribution in [-0.4, -0.2) is 72.5 Å². The molecule has 29 heavy (non-hydrogen) atoms. The fraction of sp³-hybridized carbons (Fsp3) is 0.579. The predicted molar refractivity (Wildman–Crippen MR) is 123 cm³/mol. The number of hydrogen-bond acceptors (Lipinski definition) is 5. The highest BCUT2D eigenvalue weighted by molar-refractivity contribution is 14.0. The maximum absolute atomic E-state index is 11.5. The van der Waals surface area contributed by atoms with E-state index >= 15 is 0 Å². The van der Waals surface area contributed by atoms with Gasteiger partial charge in [-0.2, -0.15) is 0 Å². The van der Waals surface area contributed by atoms with Crippen LogP contribution in [0.3, 0.4) is 0 Å². The van der Waals surface area contributed by atoms with E-state index in [4.69, 9.17) is 9.73 Å². The SMILES string of the molecule is CCOCCCNC(=NCc1ccc([N+](=O)[O-])cc1)N1CCN(C(C)=O)CC1.I. The van der Waals surface area contributed by atoms with Crippen LogP contribution in [0, 0.1) is 10.1 Å². The van der Waals surface area contributed by atoms with E-state index in [1.807, 2.05) is 11.8 Å². The monoisotopic (exact) mass is 519 g/mol. The Morgan fingerprint density at radius 2 is 1.83 bits per heavy atom. The fourth-order valence-electron chi connectivity index (χ4n) is 2.91. The standard InChI is InChI=1S/C19H29N5O4.HI/c1-3-28-14-4-9-20-19(23-12-10-22(11-13-23)16(2)25)21-15-17-5-7-18(8-6-17)24(26)27;/h5-8H,3-4,9-15H2,1-2H3,(H,20,21);1H. The van der Waals surface area contributed by atoms with Gasteiger partial charge in [0.1, 0.15) is 0 Å². The van der Waals surface area contributed by atoms with Crippen molar-refractivity contribution in [2.24, 2.45) is 4.99 Å². The first-order chi connectivity index (χ1) is 13.5. The largest absolute Gasteiger partial charge is 0.382 e. The molecule has 0 bridgehead atoms. The number of nitrogens with one attached hydrogen (secondary N) is 1. The number of amides is 1. The molecule has 162 valence electrons. The molecule has 0 spiro atoms. The molecule has 1 aromatic rings. The Morgan fingerprint density at radius 3 is 2.38 bits per heavy atom. The number of nitro groups is 1. The number of nitrogens with zero attached hydrogens (tertiary/aromatic N) is 4. The van der Waals surface area contributed by atoms with E-state index in [0.29, 0.717) is 32.8 Å². The van der Waals surface area contributed by atoms with Crippen molar-refractivity contribution in [1.29, 1.82) is 0 Å². The first-order valence-corrected chi connectivity index (χ1v) is 9.61. The average Bonchev–Trinajstić information content (AvgIpc) is 2.70. The zero-order chi connectivity index (χ0) is 20.4. The summed E-state index contributed by atoms with van der Waals surface area (Å²) in [5, 5.41) is 14.2. The fourth-order valence-corrected chi connectivity index (χ4v) is 2.91. The number of guanidine groups is 1. The smallest absolute Gasteiger partial charge is 0.269 e. The average molecular weight is 519 g/mol. The zero-order valence-corrected chi connectivity index (χ0v) is 19.3. The van der Waals surface area contributed by atoms with Gasteiger partial charge in [0.25, 0.3) is 5.69 Å². The Balaban J connectivity index is 0.00000420. The molecule has 1 aliphatic heterocycles. The van der Waals surface area contributed by atoms with E-state index in [-0.39, 0.29) is 35.6 Å². The molecule has 1 amide bonds. The minimum Gasteiger partial charge on any atom is -0.382 e. The van der Waals surface area contributed by atoms with Crippen LogP contribution in [0.25, 0.3) is 0 Å². The van der Waals surface area contributed by atoms with Gasteiger partial charge in [0.05, 0.1) is 11.5 Å². The minimum absolute atomic E-state index is 0. The Hall–Kier alpha value is -1.95. The van der Waals surface area contributed by atoms with Crippen LogP contribution in [0.5, 0.6) is 0 Å². The normalized spacial score (nSPS) is 14.3. The number of ether oxygens (including phenoxy) is 1. The second-order valence-corrected chi connectivity index (χ2v) is 6.53. The van der Waals surface area contributed by atoms with Gasteiger partial charge in [-0.3, -0.25) is 14.9 Å². The van der Waals surface area contributed by atoms with Crippen molar-refractivity contribution in [3.63, 3.8) is 0 Å². The summed E-state index contributed by atoms with van der Waals surface area (Å²) >= 11 is 0. The van der Waals surface area contributed by atoms with Gasteiger partial charge in [0, 0.05) is 65.0 Å². The van der Waals surface area contributed by atoms with Crippen LogP contribution in [-0.2, 0) is 16.1 Å². The van der Waals surface area contributed by atoms with E-state index in [2.05, 4.69) is 10.2 Å². The summed E-state index contributed by atoms with van der Waals surface area (Å²) in [7, 11) is 0. The van der Waals surface area contributed by atoms with E-state index in [1.54, 1.807) is 19.1 Å². The second-order valence-electron chi connectivity index (χ2n) is 6.53. The number of non-ortho nitro benzene ring substituents is 1. The van der Waals surface area contributed by atoms with E-state index < -0.39 is 4.92 Å². The molecule has 1 N–H and O–H groups in total. The maximum Gasteiger partial charge on any atom is 0.269 e. The Bertz CT molecular complexity index is 676. The molecular formula is C19H30IN5O4. The highest BCUT2D eigenvalue weighted by Gasteiger charge is 2.21. The first kappa shape index (κ1) is 25.1. The third-order valence-corrected chi connectivity index (χ3v) is 4.54. The number of rotatable bonds is 8. The van der Waals surface area contributed by atoms with Crippen LogP contribution in [0.1, 0.15) is 25.8 Å². The zero-order valence-electron chi connectivity index (χ0n) is 17.0. The molecule has 1 aliphatic rings. The lowest BCUT2D eigenvalue weighted by atomic mass is 10.2. The van der Waals surface area contributed by atoms with Gasteiger partial charge in [0.2, 0.25) is 5.91 Å². The van der Waals surface area contributed by atoms with Crippen molar-refractivity contribution in [2.45, 2.75) is 26.8 Å².